The van der Waals surface area contributed by atoms with Gasteiger partial charge in [0.1, 0.15) is 5.75 Å². The molecule has 0 saturated heterocycles. The Hall–Kier alpha value is -5.05. The molecule has 326 valence electrons. The van der Waals surface area contributed by atoms with Gasteiger partial charge in [-0.05, 0) is 151 Å². The van der Waals surface area contributed by atoms with Crippen molar-refractivity contribution in [1.29, 1.82) is 0 Å². The molecule has 0 amide bonds. The molecule has 0 aromatic heterocycles. The molecule has 0 aliphatic carbocycles. The molecule has 0 atom stereocenters. The Balaban J connectivity index is 1.52. The summed E-state index contributed by atoms with van der Waals surface area (Å²) < 4.78 is 44.8. The average Bonchev–Trinajstić information content (AvgIpc) is 3.25. The zero-order chi connectivity index (χ0) is 42.5. The fourth-order valence-electron chi connectivity index (χ4n) is 6.95. The number of carbonyl (C=O) groups is 1. The van der Waals surface area contributed by atoms with Crippen LogP contribution in [-0.2, 0) is 0 Å². The maximum Gasteiger partial charge on any atom is 0.335 e. The minimum Gasteiger partial charge on any atom is -0.494 e. The van der Waals surface area contributed by atoms with Crippen molar-refractivity contribution in [2.24, 2.45) is 0 Å². The highest BCUT2D eigenvalue weighted by Crippen LogP contribution is 2.47. The summed E-state index contributed by atoms with van der Waals surface area (Å²) in [5.41, 5.74) is 0.250. The highest BCUT2D eigenvalue weighted by Gasteiger charge is 2.20. The number of unbranched alkanes of at least 4 members (excludes halogenated alkanes) is 8. The standard InChI is InChI=1S/C51H68O9/c1-6-11-24-55-45-31-39-40-32-46(56-25-12-7-2)48(58-27-14-9-4)34-42(40)44-36-50(60-30-19-17-16-18-29-54-38-22-20-37(21-23-38)51(52)53)49(59-28-15-10-5)35-43(44)41(39)33-47(45)57-26-13-8-3/h20-23,31-36H,6-19,24-30H2,1-5H3,(H,52,53). The first kappa shape index (κ1) is 46.0. The van der Waals surface area contributed by atoms with Gasteiger partial charge in [0.15, 0.2) is 34.5 Å². The Morgan fingerprint density at radius 2 is 0.617 bits per heavy atom. The third-order valence-electron chi connectivity index (χ3n) is 10.6. The molecule has 0 aliphatic heterocycles. The van der Waals surface area contributed by atoms with E-state index in [1.54, 1.807) is 24.3 Å². The highest BCUT2D eigenvalue weighted by molar-refractivity contribution is 6.26. The molecule has 5 rings (SSSR count). The Kier molecular flexibility index (Phi) is 19.1. The molecule has 0 aliphatic rings. The smallest absolute Gasteiger partial charge is 0.335 e. The Labute approximate surface area is 357 Å². The van der Waals surface area contributed by atoms with Crippen LogP contribution in [0.5, 0.6) is 40.2 Å². The van der Waals surface area contributed by atoms with Crippen molar-refractivity contribution in [1.82, 2.24) is 0 Å². The van der Waals surface area contributed by atoms with Gasteiger partial charge < -0.3 is 38.3 Å². The zero-order valence-electron chi connectivity index (χ0n) is 36.8. The molecule has 0 spiro atoms. The Morgan fingerprint density at radius 3 is 0.867 bits per heavy atom. The van der Waals surface area contributed by atoms with E-state index in [2.05, 4.69) is 71.0 Å². The van der Waals surface area contributed by atoms with Crippen LogP contribution in [-0.4, -0.2) is 57.3 Å². The van der Waals surface area contributed by atoms with Crippen LogP contribution in [0.25, 0.3) is 32.3 Å². The predicted molar refractivity (Wildman–Crippen MR) is 244 cm³/mol. The molecule has 5 aromatic rings. The minimum atomic E-state index is -0.943. The van der Waals surface area contributed by atoms with Crippen LogP contribution in [0.4, 0.5) is 0 Å². The molecule has 60 heavy (non-hydrogen) atoms. The van der Waals surface area contributed by atoms with Crippen molar-refractivity contribution in [3.05, 3.63) is 66.2 Å². The van der Waals surface area contributed by atoms with Crippen molar-refractivity contribution in [3.63, 3.8) is 0 Å². The summed E-state index contributed by atoms with van der Waals surface area (Å²) in [5.74, 6) is 4.20. The minimum absolute atomic E-state index is 0.250. The van der Waals surface area contributed by atoms with E-state index in [9.17, 15) is 4.79 Å². The van der Waals surface area contributed by atoms with E-state index in [0.717, 1.165) is 157 Å². The lowest BCUT2D eigenvalue weighted by Gasteiger charge is -2.20. The molecule has 0 bridgehead atoms. The third-order valence-corrected chi connectivity index (χ3v) is 10.6. The van der Waals surface area contributed by atoms with Crippen molar-refractivity contribution in [2.45, 2.75) is 125 Å². The number of ether oxygens (including phenoxy) is 7. The lowest BCUT2D eigenvalue weighted by atomic mass is 9.93. The van der Waals surface area contributed by atoms with Gasteiger partial charge >= 0.3 is 5.97 Å². The molecule has 1 N–H and O–H groups in total. The van der Waals surface area contributed by atoms with Crippen molar-refractivity contribution < 1.29 is 43.1 Å². The van der Waals surface area contributed by atoms with Gasteiger partial charge in [0.05, 0.1) is 51.8 Å². The summed E-state index contributed by atoms with van der Waals surface area (Å²) in [6.45, 7) is 15.0. The van der Waals surface area contributed by atoms with E-state index in [1.165, 1.54) is 0 Å². The molecular formula is C51H68O9. The largest absolute Gasteiger partial charge is 0.494 e. The van der Waals surface area contributed by atoms with Gasteiger partial charge in [-0.2, -0.15) is 0 Å². The molecular weight excluding hydrogens is 757 g/mol. The van der Waals surface area contributed by atoms with E-state index < -0.39 is 5.97 Å². The van der Waals surface area contributed by atoms with Crippen LogP contribution in [0, 0.1) is 0 Å². The number of carboxylic acids is 1. The zero-order valence-corrected chi connectivity index (χ0v) is 36.8. The van der Waals surface area contributed by atoms with E-state index in [4.69, 9.17) is 38.3 Å². The number of carboxylic acid groups (broad SMARTS) is 1. The summed E-state index contributed by atoms with van der Waals surface area (Å²) in [5, 5.41) is 15.4. The SMILES string of the molecule is CCCCOc1cc2c3cc(OCCCC)c(OCCCC)cc3c3cc(OCCCCCCOc4ccc(C(=O)O)cc4)c(OCCCC)cc3c2cc1OCCCC. The van der Waals surface area contributed by atoms with Gasteiger partial charge in [-0.15, -0.1) is 0 Å². The summed E-state index contributed by atoms with van der Waals surface area (Å²) in [4.78, 5) is 11.1. The number of benzene rings is 5. The third kappa shape index (κ3) is 13.0. The predicted octanol–water partition coefficient (Wildman–Crippen LogP) is 13.8. The second-order valence-corrected chi connectivity index (χ2v) is 15.5. The van der Waals surface area contributed by atoms with Crippen LogP contribution < -0.4 is 33.2 Å². The highest BCUT2D eigenvalue weighted by atomic mass is 16.5. The number of hydrogen-bond donors (Lipinski definition) is 1. The van der Waals surface area contributed by atoms with Crippen LogP contribution in [0.1, 0.15) is 135 Å². The normalized spacial score (nSPS) is 11.3. The van der Waals surface area contributed by atoms with Gasteiger partial charge in [0, 0.05) is 0 Å². The van der Waals surface area contributed by atoms with Crippen LogP contribution in [0.2, 0.25) is 0 Å². The van der Waals surface area contributed by atoms with Crippen LogP contribution in [0.3, 0.4) is 0 Å². The van der Waals surface area contributed by atoms with Crippen LogP contribution >= 0.6 is 0 Å². The summed E-state index contributed by atoms with van der Waals surface area (Å²) in [6.07, 6.45) is 13.7. The first-order valence-electron chi connectivity index (χ1n) is 22.7. The second-order valence-electron chi connectivity index (χ2n) is 15.5. The number of fused-ring (bicyclic) bond motifs is 6. The fourth-order valence-corrected chi connectivity index (χ4v) is 6.95. The summed E-state index contributed by atoms with van der Waals surface area (Å²) in [6, 6.07) is 19.5. The van der Waals surface area contributed by atoms with E-state index >= 15 is 0 Å². The molecule has 0 saturated carbocycles. The first-order valence-corrected chi connectivity index (χ1v) is 22.7. The fraction of sp³-hybridized carbons (Fsp3) is 0.510. The summed E-state index contributed by atoms with van der Waals surface area (Å²) in [7, 11) is 0. The number of aromatic carboxylic acids is 1. The van der Waals surface area contributed by atoms with Gasteiger partial charge in [-0.1, -0.05) is 66.7 Å². The van der Waals surface area contributed by atoms with Crippen molar-refractivity contribution in [3.8, 4) is 40.2 Å². The quantitative estimate of drug-likeness (QED) is 0.0358. The van der Waals surface area contributed by atoms with Gasteiger partial charge in [-0.25, -0.2) is 4.79 Å². The maximum atomic E-state index is 11.1. The maximum absolute atomic E-state index is 11.1. The summed E-state index contributed by atoms with van der Waals surface area (Å²) >= 11 is 0. The van der Waals surface area contributed by atoms with Gasteiger partial charge in [0.2, 0.25) is 0 Å². The molecule has 0 fully saturated rings. The van der Waals surface area contributed by atoms with E-state index in [-0.39, 0.29) is 5.56 Å². The lowest BCUT2D eigenvalue weighted by molar-refractivity contribution is 0.0696. The van der Waals surface area contributed by atoms with E-state index in [1.807, 2.05) is 0 Å². The first-order chi connectivity index (χ1) is 29.4. The molecule has 9 nitrogen and oxygen atoms in total. The number of rotatable bonds is 30. The van der Waals surface area contributed by atoms with Crippen LogP contribution in [0.15, 0.2) is 60.7 Å². The molecule has 0 unspecified atom stereocenters. The Morgan fingerprint density at radius 1 is 0.367 bits per heavy atom. The number of hydrogen-bond acceptors (Lipinski definition) is 8. The van der Waals surface area contributed by atoms with E-state index in [0.29, 0.717) is 52.0 Å². The van der Waals surface area contributed by atoms with Gasteiger partial charge in [-0.3, -0.25) is 0 Å². The monoisotopic (exact) mass is 824 g/mol. The molecule has 0 heterocycles. The Bertz CT molecular complexity index is 2030. The molecule has 9 heteroatoms. The van der Waals surface area contributed by atoms with Crippen molar-refractivity contribution in [2.75, 3.05) is 46.2 Å². The van der Waals surface area contributed by atoms with Gasteiger partial charge in [0.25, 0.3) is 0 Å². The topological polar surface area (TPSA) is 102 Å². The molecule has 5 aromatic carbocycles. The lowest BCUT2D eigenvalue weighted by Crippen LogP contribution is -2.05. The molecule has 0 radical (unpaired) electrons. The second kappa shape index (κ2) is 24.9. The van der Waals surface area contributed by atoms with Crippen molar-refractivity contribution >= 4 is 38.3 Å². The average molecular weight is 825 g/mol.